The Morgan fingerprint density at radius 3 is 2.95 bits per heavy atom. The monoisotopic (exact) mass is 345 g/mol. The van der Waals surface area contributed by atoms with Crippen molar-refractivity contribution >= 4 is 27.3 Å². The van der Waals surface area contributed by atoms with Gasteiger partial charge in [-0.05, 0) is 24.6 Å². The Kier molecular flexibility index (Phi) is 4.07. The van der Waals surface area contributed by atoms with Gasteiger partial charge in [0.2, 0.25) is 0 Å². The minimum Gasteiger partial charge on any atom is -0.379 e. The van der Waals surface area contributed by atoms with E-state index in [9.17, 15) is 12.8 Å². The van der Waals surface area contributed by atoms with Gasteiger partial charge in [0.15, 0.2) is 0 Å². The standard InChI is InChI=1S/C13H13ClFN3O3S/c14-12-5-11(1-2-13(12)15)22(19,20)17-9-6-16-18(7-9)10-3-4-21-8-10/h1-2,5-7,10,17H,3-4,8H2/t10-/m1/s1. The molecule has 2 heterocycles. The lowest BCUT2D eigenvalue weighted by Gasteiger charge is -2.08. The molecular formula is C13H13ClFN3O3S. The molecule has 3 rings (SSSR count). The van der Waals surface area contributed by atoms with Gasteiger partial charge in [0.05, 0.1) is 34.5 Å². The molecule has 0 amide bonds. The zero-order chi connectivity index (χ0) is 15.7. The third-order valence-electron chi connectivity index (χ3n) is 3.33. The summed E-state index contributed by atoms with van der Waals surface area (Å²) in [7, 11) is -3.85. The lowest BCUT2D eigenvalue weighted by Crippen LogP contribution is -2.13. The van der Waals surface area contributed by atoms with Gasteiger partial charge in [-0.1, -0.05) is 11.6 Å². The number of hydrogen-bond donors (Lipinski definition) is 1. The summed E-state index contributed by atoms with van der Waals surface area (Å²) < 4.78 is 46.9. The molecule has 0 spiro atoms. The van der Waals surface area contributed by atoms with Gasteiger partial charge in [0.25, 0.3) is 10.0 Å². The molecular weight excluding hydrogens is 333 g/mol. The molecule has 0 saturated carbocycles. The van der Waals surface area contributed by atoms with Gasteiger partial charge in [-0.15, -0.1) is 0 Å². The van der Waals surface area contributed by atoms with Crippen LogP contribution in [0.15, 0.2) is 35.5 Å². The maximum Gasteiger partial charge on any atom is 0.262 e. The molecule has 9 heteroatoms. The van der Waals surface area contributed by atoms with Gasteiger partial charge < -0.3 is 4.74 Å². The van der Waals surface area contributed by atoms with Crippen molar-refractivity contribution in [2.24, 2.45) is 0 Å². The summed E-state index contributed by atoms with van der Waals surface area (Å²) in [6.45, 7) is 1.22. The van der Waals surface area contributed by atoms with Crippen LogP contribution in [0, 0.1) is 5.82 Å². The van der Waals surface area contributed by atoms with E-state index >= 15 is 0 Å². The molecule has 1 atom stereocenters. The highest BCUT2D eigenvalue weighted by Crippen LogP contribution is 2.23. The Morgan fingerprint density at radius 2 is 2.27 bits per heavy atom. The van der Waals surface area contributed by atoms with Crippen molar-refractivity contribution in [3.8, 4) is 0 Å². The maximum absolute atomic E-state index is 13.1. The average Bonchev–Trinajstić information content (AvgIpc) is 3.11. The Balaban J connectivity index is 1.80. The second kappa shape index (κ2) is 5.86. The molecule has 0 aliphatic carbocycles. The number of sulfonamides is 1. The fourth-order valence-electron chi connectivity index (χ4n) is 2.18. The fraction of sp³-hybridized carbons (Fsp3) is 0.308. The van der Waals surface area contributed by atoms with Crippen LogP contribution in [0.2, 0.25) is 5.02 Å². The van der Waals surface area contributed by atoms with Crippen molar-refractivity contribution in [1.29, 1.82) is 0 Å². The van der Waals surface area contributed by atoms with Crippen LogP contribution in [-0.4, -0.2) is 31.4 Å². The molecule has 1 N–H and O–H groups in total. The second-order valence-electron chi connectivity index (χ2n) is 4.91. The van der Waals surface area contributed by atoms with Crippen molar-refractivity contribution in [3.63, 3.8) is 0 Å². The highest BCUT2D eigenvalue weighted by molar-refractivity contribution is 7.92. The SMILES string of the molecule is O=S(=O)(Nc1cnn([C@@H]2CCOC2)c1)c1ccc(F)c(Cl)c1. The summed E-state index contributed by atoms with van der Waals surface area (Å²) in [5, 5.41) is 3.88. The van der Waals surface area contributed by atoms with Gasteiger partial charge in [-0.2, -0.15) is 5.10 Å². The molecule has 1 aromatic heterocycles. The normalized spacial score (nSPS) is 18.5. The van der Waals surface area contributed by atoms with Gasteiger partial charge >= 0.3 is 0 Å². The van der Waals surface area contributed by atoms with Crippen molar-refractivity contribution in [3.05, 3.63) is 41.4 Å². The average molecular weight is 346 g/mol. The zero-order valence-electron chi connectivity index (χ0n) is 11.4. The van der Waals surface area contributed by atoms with Gasteiger partial charge in [0.1, 0.15) is 5.82 Å². The summed E-state index contributed by atoms with van der Waals surface area (Å²) >= 11 is 5.62. The molecule has 0 radical (unpaired) electrons. The molecule has 22 heavy (non-hydrogen) atoms. The highest BCUT2D eigenvalue weighted by atomic mass is 35.5. The zero-order valence-corrected chi connectivity index (χ0v) is 12.9. The van der Waals surface area contributed by atoms with E-state index in [1.165, 1.54) is 6.20 Å². The van der Waals surface area contributed by atoms with E-state index in [1.54, 1.807) is 10.9 Å². The van der Waals surface area contributed by atoms with E-state index in [1.807, 2.05) is 0 Å². The largest absolute Gasteiger partial charge is 0.379 e. The van der Waals surface area contributed by atoms with Crippen LogP contribution in [0.5, 0.6) is 0 Å². The van der Waals surface area contributed by atoms with E-state index in [0.717, 1.165) is 24.6 Å². The Labute approximate surface area is 131 Å². The lowest BCUT2D eigenvalue weighted by atomic mass is 10.3. The molecule has 1 fully saturated rings. The van der Waals surface area contributed by atoms with Crippen molar-refractivity contribution in [2.75, 3.05) is 17.9 Å². The van der Waals surface area contributed by atoms with Crippen molar-refractivity contribution < 1.29 is 17.5 Å². The number of rotatable bonds is 4. The lowest BCUT2D eigenvalue weighted by molar-refractivity contribution is 0.184. The molecule has 6 nitrogen and oxygen atoms in total. The third kappa shape index (κ3) is 3.08. The number of anilines is 1. The second-order valence-corrected chi connectivity index (χ2v) is 7.00. The first-order chi connectivity index (χ1) is 10.5. The van der Waals surface area contributed by atoms with E-state index < -0.39 is 15.8 Å². The van der Waals surface area contributed by atoms with Crippen LogP contribution in [-0.2, 0) is 14.8 Å². The predicted octanol–water partition coefficient (Wildman–Crippen LogP) is 2.44. The van der Waals surface area contributed by atoms with Crippen molar-refractivity contribution in [2.45, 2.75) is 17.4 Å². The smallest absolute Gasteiger partial charge is 0.262 e. The molecule has 0 unspecified atom stereocenters. The molecule has 2 aromatic rings. The quantitative estimate of drug-likeness (QED) is 0.923. The van der Waals surface area contributed by atoms with Crippen molar-refractivity contribution in [1.82, 2.24) is 9.78 Å². The first-order valence-corrected chi connectivity index (χ1v) is 8.41. The van der Waals surface area contributed by atoms with E-state index in [-0.39, 0.29) is 16.0 Å². The molecule has 118 valence electrons. The van der Waals surface area contributed by atoms with Gasteiger partial charge in [0, 0.05) is 12.8 Å². The molecule has 1 aliphatic heterocycles. The van der Waals surface area contributed by atoms with Crippen LogP contribution >= 0.6 is 11.6 Å². The molecule has 1 aromatic carbocycles. The number of aromatic nitrogens is 2. The Morgan fingerprint density at radius 1 is 1.45 bits per heavy atom. The van der Waals surface area contributed by atoms with E-state index in [0.29, 0.717) is 18.9 Å². The van der Waals surface area contributed by atoms with Gasteiger partial charge in [-0.3, -0.25) is 9.40 Å². The minimum absolute atomic E-state index is 0.110. The van der Waals surface area contributed by atoms with E-state index in [2.05, 4.69) is 9.82 Å². The molecule has 1 aliphatic rings. The van der Waals surface area contributed by atoms with Crippen LogP contribution in [0.1, 0.15) is 12.5 Å². The summed E-state index contributed by atoms with van der Waals surface area (Å²) in [6.07, 6.45) is 3.85. The maximum atomic E-state index is 13.1. The highest BCUT2D eigenvalue weighted by Gasteiger charge is 2.20. The first kappa shape index (κ1) is 15.3. The summed E-state index contributed by atoms with van der Waals surface area (Å²) in [6, 6.07) is 3.34. The number of ether oxygens (including phenoxy) is 1. The molecule has 1 saturated heterocycles. The number of nitrogens with one attached hydrogen (secondary N) is 1. The fourth-order valence-corrected chi connectivity index (χ4v) is 3.48. The number of nitrogens with zero attached hydrogens (tertiary/aromatic N) is 2. The first-order valence-electron chi connectivity index (χ1n) is 6.55. The Bertz CT molecular complexity index is 788. The van der Waals surface area contributed by atoms with Crippen LogP contribution in [0.4, 0.5) is 10.1 Å². The number of hydrogen-bond acceptors (Lipinski definition) is 4. The minimum atomic E-state index is -3.85. The number of benzene rings is 1. The topological polar surface area (TPSA) is 73.2 Å². The van der Waals surface area contributed by atoms with Crippen LogP contribution in [0.25, 0.3) is 0 Å². The molecule has 0 bridgehead atoms. The number of halogens is 2. The van der Waals surface area contributed by atoms with Gasteiger partial charge in [-0.25, -0.2) is 12.8 Å². The Hall–Kier alpha value is -1.64. The summed E-state index contributed by atoms with van der Waals surface area (Å²) in [5.74, 6) is -0.672. The third-order valence-corrected chi connectivity index (χ3v) is 5.00. The van der Waals surface area contributed by atoms with Crippen LogP contribution in [0.3, 0.4) is 0 Å². The van der Waals surface area contributed by atoms with Crippen LogP contribution < -0.4 is 4.72 Å². The van der Waals surface area contributed by atoms with E-state index in [4.69, 9.17) is 16.3 Å². The predicted molar refractivity (Wildman–Crippen MR) is 78.9 cm³/mol. The summed E-state index contributed by atoms with van der Waals surface area (Å²) in [5.41, 5.74) is 0.326. The summed E-state index contributed by atoms with van der Waals surface area (Å²) in [4.78, 5) is -0.115.